The van der Waals surface area contributed by atoms with Crippen LogP contribution in [0.25, 0.3) is 5.65 Å². The van der Waals surface area contributed by atoms with Gasteiger partial charge in [-0.25, -0.2) is 9.50 Å². The van der Waals surface area contributed by atoms with Crippen LogP contribution in [-0.2, 0) is 0 Å². The summed E-state index contributed by atoms with van der Waals surface area (Å²) >= 11 is 12.0. The monoisotopic (exact) mass is 351 g/mol. The number of nitrogens with zero attached hydrogens (tertiary/aromatic N) is 3. The fourth-order valence-corrected chi connectivity index (χ4v) is 1.74. The van der Waals surface area contributed by atoms with Crippen LogP contribution in [0.15, 0.2) is 18.3 Å². The van der Waals surface area contributed by atoms with Crippen LogP contribution >= 0.6 is 43.5 Å². The second-order valence-electron chi connectivity index (χ2n) is 2.73. The average molecular weight is 353 g/mol. The number of rotatable bonds is 2. The van der Waals surface area contributed by atoms with Crippen LogP contribution in [0.2, 0.25) is 5.15 Å². The Hall–Kier alpha value is -0.460. The third kappa shape index (κ3) is 2.07. The third-order valence-corrected chi connectivity index (χ3v) is 2.81. The number of hydrogen-bond donors (Lipinski definition) is 0. The van der Waals surface area contributed by atoms with E-state index in [-0.39, 0.29) is 5.78 Å². The Morgan fingerprint density at radius 2 is 2.20 bits per heavy atom. The number of carbonyl (C=O) groups excluding carboxylic acids is 1. The fraction of sp³-hybridized carbons (Fsp3) is 0.125. The summed E-state index contributed by atoms with van der Waals surface area (Å²) in [4.78, 5) is 15.7. The van der Waals surface area contributed by atoms with E-state index in [0.29, 0.717) is 16.5 Å². The normalized spacial score (nSPS) is 11.2. The number of Topliss-reactive ketones (excluding diaryl/α,β-unsaturated/α-hetero) is 1. The molecule has 0 bridgehead atoms. The predicted octanol–water partition coefficient (Wildman–Crippen LogP) is 2.68. The quantitative estimate of drug-likeness (QED) is 0.616. The van der Waals surface area contributed by atoms with Crippen molar-refractivity contribution in [1.82, 2.24) is 14.6 Å². The second kappa shape index (κ2) is 4.19. The smallest absolute Gasteiger partial charge is 0.207 e. The first-order chi connectivity index (χ1) is 7.09. The number of fused-ring (bicyclic) bond motifs is 1. The van der Waals surface area contributed by atoms with Crippen molar-refractivity contribution in [3.05, 3.63) is 29.2 Å². The fourth-order valence-electron chi connectivity index (χ4n) is 1.13. The lowest BCUT2D eigenvalue weighted by atomic mass is 10.3. The molecule has 7 heteroatoms. The summed E-state index contributed by atoms with van der Waals surface area (Å²) in [5.41, 5.74) is 0.967. The maximum absolute atomic E-state index is 11.7. The minimum absolute atomic E-state index is 0.155. The van der Waals surface area contributed by atoms with Crippen molar-refractivity contribution in [1.29, 1.82) is 0 Å². The Balaban J connectivity index is 2.62. The molecule has 15 heavy (non-hydrogen) atoms. The van der Waals surface area contributed by atoms with Crippen LogP contribution in [0.3, 0.4) is 0 Å². The molecule has 0 spiro atoms. The van der Waals surface area contributed by atoms with E-state index in [4.69, 9.17) is 11.6 Å². The lowest BCUT2D eigenvalue weighted by molar-refractivity contribution is 0.101. The van der Waals surface area contributed by atoms with Gasteiger partial charge in [0.2, 0.25) is 5.78 Å². The molecule has 0 N–H and O–H groups in total. The Bertz CT molecular complexity index is 526. The second-order valence-corrected chi connectivity index (χ2v) is 6.18. The van der Waals surface area contributed by atoms with E-state index >= 15 is 0 Å². The van der Waals surface area contributed by atoms with Gasteiger partial charge < -0.3 is 0 Å². The first kappa shape index (κ1) is 11.0. The van der Waals surface area contributed by atoms with Gasteiger partial charge in [0.25, 0.3) is 0 Å². The lowest BCUT2D eigenvalue weighted by Crippen LogP contribution is -2.11. The zero-order valence-electron chi connectivity index (χ0n) is 7.19. The van der Waals surface area contributed by atoms with Gasteiger partial charge in [-0.05, 0) is 12.1 Å². The molecule has 0 atom stereocenters. The molecule has 2 aromatic rings. The van der Waals surface area contributed by atoms with Crippen molar-refractivity contribution >= 4 is 54.9 Å². The highest BCUT2D eigenvalue weighted by Gasteiger charge is 2.18. The summed E-state index contributed by atoms with van der Waals surface area (Å²) in [6.07, 6.45) is 1.47. The average Bonchev–Trinajstić information content (AvgIpc) is 2.59. The van der Waals surface area contributed by atoms with Crippen molar-refractivity contribution in [2.24, 2.45) is 0 Å². The van der Waals surface area contributed by atoms with Gasteiger partial charge in [-0.2, -0.15) is 5.10 Å². The van der Waals surface area contributed by atoms with Crippen molar-refractivity contribution in [2.75, 3.05) is 0 Å². The minimum Gasteiger partial charge on any atom is -0.290 e. The van der Waals surface area contributed by atoms with Gasteiger partial charge >= 0.3 is 0 Å². The minimum atomic E-state index is -0.453. The maximum atomic E-state index is 11.7. The molecule has 4 nitrogen and oxygen atoms in total. The van der Waals surface area contributed by atoms with Crippen molar-refractivity contribution in [3.8, 4) is 0 Å². The van der Waals surface area contributed by atoms with Crippen LogP contribution < -0.4 is 0 Å². The summed E-state index contributed by atoms with van der Waals surface area (Å²) in [5.74, 6) is -0.155. The van der Waals surface area contributed by atoms with Gasteiger partial charge in [0.15, 0.2) is 5.65 Å². The molecule has 0 radical (unpaired) electrons. The number of hydrogen-bond acceptors (Lipinski definition) is 3. The standard InChI is InChI=1S/C8H4Br2ClN3O/c9-8(10)7(15)4-3-12-6-2-1-5(11)13-14(4)6/h1-3,8H. The number of alkyl halides is 2. The Labute approximate surface area is 107 Å². The van der Waals surface area contributed by atoms with E-state index in [1.165, 1.54) is 10.7 Å². The Kier molecular flexibility index (Phi) is 3.08. The molecule has 0 aliphatic heterocycles. The van der Waals surface area contributed by atoms with E-state index in [9.17, 15) is 4.79 Å². The van der Waals surface area contributed by atoms with E-state index in [1.54, 1.807) is 12.1 Å². The van der Waals surface area contributed by atoms with Gasteiger partial charge in [0.1, 0.15) is 14.6 Å². The van der Waals surface area contributed by atoms with Gasteiger partial charge in [-0.3, -0.25) is 4.79 Å². The zero-order chi connectivity index (χ0) is 11.0. The van der Waals surface area contributed by atoms with Gasteiger partial charge in [0.05, 0.1) is 6.20 Å². The predicted molar refractivity (Wildman–Crippen MR) is 64.0 cm³/mol. The highest BCUT2D eigenvalue weighted by atomic mass is 79.9. The van der Waals surface area contributed by atoms with Crippen LogP contribution in [0.1, 0.15) is 10.5 Å². The number of halogens is 3. The molecule has 0 aliphatic rings. The molecule has 0 saturated carbocycles. The molecule has 0 aromatic carbocycles. The molecule has 0 saturated heterocycles. The summed E-state index contributed by atoms with van der Waals surface area (Å²) in [6.45, 7) is 0. The summed E-state index contributed by atoms with van der Waals surface area (Å²) < 4.78 is 0.964. The third-order valence-electron chi connectivity index (χ3n) is 1.78. The van der Waals surface area contributed by atoms with Crippen LogP contribution in [0.5, 0.6) is 0 Å². The summed E-state index contributed by atoms with van der Waals surface area (Å²) in [6, 6.07) is 3.32. The molecule has 78 valence electrons. The van der Waals surface area contributed by atoms with Crippen LogP contribution in [0, 0.1) is 0 Å². The number of ketones is 1. The highest BCUT2D eigenvalue weighted by molar-refractivity contribution is 9.25. The molecular weight excluding hydrogens is 349 g/mol. The first-order valence-corrected chi connectivity index (χ1v) is 6.13. The maximum Gasteiger partial charge on any atom is 0.207 e. The molecule has 2 heterocycles. The number of imidazole rings is 1. The van der Waals surface area contributed by atoms with Crippen molar-refractivity contribution in [3.63, 3.8) is 0 Å². The van der Waals surface area contributed by atoms with E-state index in [1.807, 2.05) is 0 Å². The largest absolute Gasteiger partial charge is 0.290 e. The van der Waals surface area contributed by atoms with E-state index in [0.717, 1.165) is 0 Å². The zero-order valence-corrected chi connectivity index (χ0v) is 11.1. The summed E-state index contributed by atoms with van der Waals surface area (Å²) in [5, 5.41) is 4.31. The van der Waals surface area contributed by atoms with E-state index < -0.39 is 3.74 Å². The molecular formula is C8H4Br2ClN3O. The van der Waals surface area contributed by atoms with E-state index in [2.05, 4.69) is 41.9 Å². The van der Waals surface area contributed by atoms with Crippen molar-refractivity contribution in [2.45, 2.75) is 3.74 Å². The first-order valence-electron chi connectivity index (χ1n) is 3.92. The topological polar surface area (TPSA) is 47.3 Å². The SMILES string of the molecule is O=C(c1cnc2ccc(Cl)nn12)C(Br)Br. The number of aromatic nitrogens is 3. The number of carbonyl (C=O) groups is 1. The molecule has 0 amide bonds. The summed E-state index contributed by atoms with van der Waals surface area (Å²) in [7, 11) is 0. The van der Waals surface area contributed by atoms with Crippen LogP contribution in [-0.4, -0.2) is 24.1 Å². The van der Waals surface area contributed by atoms with Crippen LogP contribution in [0.4, 0.5) is 0 Å². The molecule has 0 aliphatic carbocycles. The highest BCUT2D eigenvalue weighted by Crippen LogP contribution is 2.17. The molecule has 0 unspecified atom stereocenters. The molecule has 2 aromatic heterocycles. The lowest BCUT2D eigenvalue weighted by Gasteiger charge is -2.00. The van der Waals surface area contributed by atoms with Gasteiger partial charge in [0, 0.05) is 0 Å². The van der Waals surface area contributed by atoms with Gasteiger partial charge in [-0.15, -0.1) is 0 Å². The molecule has 2 rings (SSSR count). The van der Waals surface area contributed by atoms with Gasteiger partial charge in [-0.1, -0.05) is 43.5 Å². The Morgan fingerprint density at radius 1 is 1.47 bits per heavy atom. The molecule has 0 fully saturated rings. The Morgan fingerprint density at radius 3 is 2.87 bits per heavy atom. The van der Waals surface area contributed by atoms with Crippen molar-refractivity contribution < 1.29 is 4.79 Å².